The number of rotatable bonds is 4. The predicted molar refractivity (Wildman–Crippen MR) is 44.7 cm³/mol. The summed E-state index contributed by atoms with van der Waals surface area (Å²) >= 11 is 0. The zero-order valence-electron chi connectivity index (χ0n) is 8.06. The predicted octanol–water partition coefficient (Wildman–Crippen LogP) is -4.07. The number of hydrogen-bond donors (Lipinski definition) is 0. The van der Waals surface area contributed by atoms with Crippen molar-refractivity contribution < 1.29 is 81.4 Å². The van der Waals surface area contributed by atoms with Crippen molar-refractivity contribution in [2.24, 2.45) is 0 Å². The van der Waals surface area contributed by atoms with Crippen LogP contribution in [0.3, 0.4) is 0 Å². The molecule has 1 aromatic rings. The van der Waals surface area contributed by atoms with Crippen LogP contribution in [0.4, 0.5) is 0 Å². The fourth-order valence-corrected chi connectivity index (χ4v) is 2.52. The molecule has 16 heavy (non-hydrogen) atoms. The topological polar surface area (TPSA) is 110 Å². The molecular formula is C6H5KO7S2. The van der Waals surface area contributed by atoms with Gasteiger partial charge in [-0.3, -0.25) is 0 Å². The summed E-state index contributed by atoms with van der Waals surface area (Å²) < 4.78 is 49.5. The summed E-state index contributed by atoms with van der Waals surface area (Å²) in [5.74, 6) is 0. The van der Waals surface area contributed by atoms with Crippen LogP contribution in [0.25, 0.3) is 0 Å². The molecule has 0 N–H and O–H groups in total. The summed E-state index contributed by atoms with van der Waals surface area (Å²) in [6.45, 7) is 0. The van der Waals surface area contributed by atoms with Crippen molar-refractivity contribution in [3.63, 3.8) is 0 Å². The van der Waals surface area contributed by atoms with E-state index in [4.69, 9.17) is 0 Å². The van der Waals surface area contributed by atoms with Gasteiger partial charge in [0.1, 0.15) is 0 Å². The van der Waals surface area contributed by atoms with Crippen molar-refractivity contribution in [1.29, 1.82) is 0 Å². The molecule has 0 aliphatic carbocycles. The Kier molecular flexibility index (Phi) is 6.80. The molecule has 0 amide bonds. The van der Waals surface area contributed by atoms with Crippen LogP contribution in [0.2, 0.25) is 0 Å². The molecule has 0 unspecified atom stereocenters. The van der Waals surface area contributed by atoms with Crippen LogP contribution >= 0.6 is 0 Å². The van der Waals surface area contributed by atoms with Gasteiger partial charge in [-0.15, -0.1) is 3.63 Å². The minimum atomic E-state index is -5.07. The maximum atomic E-state index is 11.2. The van der Waals surface area contributed by atoms with E-state index < -0.39 is 25.4 Å². The Bertz CT molecular complexity index is 521. The molecule has 7 nitrogen and oxygen atoms in total. The summed E-state index contributed by atoms with van der Waals surface area (Å²) in [5.41, 5.74) is 0. The molecule has 0 atom stereocenters. The van der Waals surface area contributed by atoms with Gasteiger partial charge >= 0.3 is 71.9 Å². The van der Waals surface area contributed by atoms with Gasteiger partial charge in [0, 0.05) is 0 Å². The standard InChI is InChI=1S/C6H6O7S2.K/c7-12-15(10,11)13-14(8,9)6-4-2-1-3-5-6;/h1-5,7H;/q;+1/p-1. The fraction of sp³-hybridized carbons (Fsp3) is 0. The van der Waals surface area contributed by atoms with E-state index in [1.807, 2.05) is 0 Å². The second kappa shape index (κ2) is 6.54. The van der Waals surface area contributed by atoms with E-state index in [2.05, 4.69) is 7.96 Å². The van der Waals surface area contributed by atoms with E-state index in [9.17, 15) is 22.1 Å². The Morgan fingerprint density at radius 3 is 1.94 bits per heavy atom. The molecule has 1 rings (SSSR count). The van der Waals surface area contributed by atoms with E-state index in [1.54, 1.807) is 0 Å². The summed E-state index contributed by atoms with van der Waals surface area (Å²) in [5, 5.41) is 9.58. The van der Waals surface area contributed by atoms with Gasteiger partial charge in [-0.25, -0.2) is 0 Å². The van der Waals surface area contributed by atoms with Crippen molar-refractivity contribution in [2.45, 2.75) is 4.90 Å². The second-order valence-electron chi connectivity index (χ2n) is 2.31. The summed E-state index contributed by atoms with van der Waals surface area (Å²) in [6, 6.07) is 6.46. The maximum Gasteiger partial charge on any atom is 1.00 e. The minimum Gasteiger partial charge on any atom is -0.705 e. The smallest absolute Gasteiger partial charge is 0.705 e. The molecular weight excluding hydrogens is 287 g/mol. The Labute approximate surface area is 135 Å². The third-order valence-corrected chi connectivity index (χ3v) is 3.69. The number of hydrogen-bond acceptors (Lipinski definition) is 7. The molecule has 0 heterocycles. The van der Waals surface area contributed by atoms with Crippen LogP contribution in [0.1, 0.15) is 0 Å². The summed E-state index contributed by atoms with van der Waals surface area (Å²) in [7, 11) is -9.61. The minimum absolute atomic E-state index is 0. The molecule has 0 saturated heterocycles. The van der Waals surface area contributed by atoms with Crippen molar-refractivity contribution >= 4 is 20.5 Å². The number of benzene rings is 1. The van der Waals surface area contributed by atoms with Gasteiger partial charge in [-0.1, -0.05) is 18.2 Å². The summed E-state index contributed by atoms with van der Waals surface area (Å²) in [6.07, 6.45) is 0. The molecule has 0 radical (unpaired) electrons. The molecule has 0 aromatic heterocycles. The van der Waals surface area contributed by atoms with Gasteiger partial charge in [-0.05, 0) is 12.1 Å². The third kappa shape index (κ3) is 4.87. The first-order valence-corrected chi connectivity index (χ1v) is 6.19. The molecule has 0 aliphatic heterocycles. The largest absolute Gasteiger partial charge is 1.00 e. The van der Waals surface area contributed by atoms with E-state index in [0.29, 0.717) is 0 Å². The van der Waals surface area contributed by atoms with Crippen LogP contribution < -0.4 is 56.6 Å². The van der Waals surface area contributed by atoms with Crippen LogP contribution in [0, 0.1) is 0 Å². The SMILES string of the molecule is O=S(=O)(O[O-])OS(=O)(=O)c1ccccc1.[K+]. The van der Waals surface area contributed by atoms with Gasteiger partial charge in [0.25, 0.3) is 0 Å². The van der Waals surface area contributed by atoms with E-state index in [-0.39, 0.29) is 51.4 Å². The van der Waals surface area contributed by atoms with Gasteiger partial charge in [-0.2, -0.15) is 16.8 Å². The average Bonchev–Trinajstić information content (AvgIpc) is 2.18. The van der Waals surface area contributed by atoms with E-state index in [1.165, 1.54) is 18.2 Å². The molecule has 0 saturated carbocycles. The van der Waals surface area contributed by atoms with Crippen LogP contribution in [0.5, 0.6) is 0 Å². The maximum absolute atomic E-state index is 11.2. The quantitative estimate of drug-likeness (QED) is 0.315. The van der Waals surface area contributed by atoms with Gasteiger partial charge < -0.3 is 9.59 Å². The molecule has 0 fully saturated rings. The molecule has 84 valence electrons. The molecule has 0 bridgehead atoms. The molecule has 10 heteroatoms. The van der Waals surface area contributed by atoms with Crippen LogP contribution in [-0.2, 0) is 28.5 Å². The summed E-state index contributed by atoms with van der Waals surface area (Å²) in [4.78, 5) is -0.398. The first-order chi connectivity index (χ1) is 6.87. The molecule has 0 aliphatic rings. The zero-order chi connectivity index (χ0) is 11.5. The Morgan fingerprint density at radius 1 is 1.00 bits per heavy atom. The Morgan fingerprint density at radius 2 is 1.50 bits per heavy atom. The van der Waals surface area contributed by atoms with Crippen molar-refractivity contribution in [3.8, 4) is 0 Å². The van der Waals surface area contributed by atoms with E-state index >= 15 is 0 Å². The zero-order valence-corrected chi connectivity index (χ0v) is 12.8. The third-order valence-electron chi connectivity index (χ3n) is 1.29. The molecule has 1 aromatic carbocycles. The van der Waals surface area contributed by atoms with Crippen LogP contribution in [0.15, 0.2) is 35.2 Å². The van der Waals surface area contributed by atoms with Crippen molar-refractivity contribution in [2.75, 3.05) is 0 Å². The van der Waals surface area contributed by atoms with Gasteiger partial charge in [0.05, 0.1) is 4.90 Å². The Hall–Kier alpha value is 0.636. The monoisotopic (exact) mass is 292 g/mol. The van der Waals surface area contributed by atoms with Crippen molar-refractivity contribution in [3.05, 3.63) is 30.3 Å². The fourth-order valence-electron chi connectivity index (χ4n) is 0.747. The van der Waals surface area contributed by atoms with Gasteiger partial charge in [0.15, 0.2) is 0 Å². The second-order valence-corrected chi connectivity index (χ2v) is 5.19. The first-order valence-electron chi connectivity index (χ1n) is 3.45. The van der Waals surface area contributed by atoms with E-state index in [0.717, 1.165) is 12.1 Å². The normalized spacial score (nSPS) is 11.8. The van der Waals surface area contributed by atoms with Crippen LogP contribution in [-0.4, -0.2) is 16.8 Å². The first kappa shape index (κ1) is 16.6. The average molecular weight is 292 g/mol. The Balaban J connectivity index is 0.00000225. The van der Waals surface area contributed by atoms with Crippen molar-refractivity contribution in [1.82, 2.24) is 0 Å². The molecule has 0 spiro atoms. The van der Waals surface area contributed by atoms with Gasteiger partial charge in [0.2, 0.25) is 0 Å².